The number of hydrogen-bond donors (Lipinski definition) is 1. The van der Waals surface area contributed by atoms with Crippen LogP contribution < -0.4 is 10.4 Å². The highest BCUT2D eigenvalue weighted by Gasteiger charge is 2.32. The Hall–Kier alpha value is -2.06. The second-order valence-electron chi connectivity index (χ2n) is 6.55. The molecule has 0 bridgehead atoms. The average molecular weight is 304 g/mol. The molecule has 0 radical (unpaired) electrons. The maximum Gasteiger partial charge on any atom is 0.0658 e. The van der Waals surface area contributed by atoms with Crippen LogP contribution in [0.25, 0.3) is 5.70 Å². The van der Waals surface area contributed by atoms with Crippen molar-refractivity contribution in [2.75, 3.05) is 5.01 Å². The van der Waals surface area contributed by atoms with Gasteiger partial charge in [0.05, 0.1) is 11.4 Å². The number of para-hydroxylation sites is 1. The molecule has 1 heterocycles. The van der Waals surface area contributed by atoms with Crippen molar-refractivity contribution in [3.8, 4) is 0 Å². The quantitative estimate of drug-likeness (QED) is 0.826. The van der Waals surface area contributed by atoms with Crippen molar-refractivity contribution in [2.24, 2.45) is 0 Å². The van der Waals surface area contributed by atoms with Crippen molar-refractivity contribution in [2.45, 2.75) is 44.6 Å². The SMILES string of the molecule is c1ccc(C2=C3CCCCCCC3NN2c2ccccc2)cc1. The molecule has 1 atom stereocenters. The van der Waals surface area contributed by atoms with Gasteiger partial charge in [-0.05, 0) is 42.5 Å². The number of hydrogen-bond acceptors (Lipinski definition) is 2. The van der Waals surface area contributed by atoms with Crippen molar-refractivity contribution in [1.29, 1.82) is 0 Å². The molecule has 1 unspecified atom stereocenters. The molecule has 23 heavy (non-hydrogen) atoms. The first-order valence-electron chi connectivity index (χ1n) is 8.83. The Kier molecular flexibility index (Phi) is 4.16. The molecule has 0 saturated heterocycles. The minimum absolute atomic E-state index is 0.491. The molecular formula is C21H24N2. The lowest BCUT2D eigenvalue weighted by Gasteiger charge is -2.24. The number of rotatable bonds is 2. The normalized spacial score (nSPS) is 21.7. The molecule has 0 amide bonds. The van der Waals surface area contributed by atoms with Gasteiger partial charge < -0.3 is 0 Å². The average Bonchev–Trinajstić information content (AvgIpc) is 2.94. The Balaban J connectivity index is 1.80. The molecule has 2 aliphatic rings. The van der Waals surface area contributed by atoms with E-state index in [2.05, 4.69) is 71.1 Å². The fourth-order valence-electron chi connectivity index (χ4n) is 3.85. The second kappa shape index (κ2) is 6.59. The molecule has 2 aromatic carbocycles. The highest BCUT2D eigenvalue weighted by molar-refractivity contribution is 5.83. The van der Waals surface area contributed by atoms with E-state index < -0.39 is 0 Å². The lowest BCUT2D eigenvalue weighted by Crippen LogP contribution is -2.37. The van der Waals surface area contributed by atoms with Crippen molar-refractivity contribution in [3.63, 3.8) is 0 Å². The van der Waals surface area contributed by atoms with Gasteiger partial charge in [-0.1, -0.05) is 67.8 Å². The summed E-state index contributed by atoms with van der Waals surface area (Å²) >= 11 is 0. The first kappa shape index (κ1) is 14.5. The molecule has 0 aromatic heterocycles. The summed E-state index contributed by atoms with van der Waals surface area (Å²) in [5, 5.41) is 2.32. The maximum atomic E-state index is 3.78. The fraction of sp³-hybridized carbons (Fsp3) is 0.333. The van der Waals surface area contributed by atoms with E-state index in [1.165, 1.54) is 55.5 Å². The van der Waals surface area contributed by atoms with Crippen LogP contribution in [0.4, 0.5) is 5.69 Å². The van der Waals surface area contributed by atoms with E-state index in [0.717, 1.165) is 0 Å². The summed E-state index contributed by atoms with van der Waals surface area (Å²) in [6.45, 7) is 0. The third kappa shape index (κ3) is 2.91. The number of nitrogens with zero attached hydrogens (tertiary/aromatic N) is 1. The first-order valence-corrected chi connectivity index (χ1v) is 8.83. The van der Waals surface area contributed by atoms with Gasteiger partial charge in [-0.2, -0.15) is 0 Å². The Morgan fingerprint density at radius 2 is 1.48 bits per heavy atom. The Morgan fingerprint density at radius 1 is 0.783 bits per heavy atom. The third-order valence-corrected chi connectivity index (χ3v) is 4.98. The zero-order valence-corrected chi connectivity index (χ0v) is 13.5. The van der Waals surface area contributed by atoms with Gasteiger partial charge in [-0.3, -0.25) is 5.01 Å². The molecule has 1 saturated carbocycles. The Labute approximate surface area is 138 Å². The summed E-state index contributed by atoms with van der Waals surface area (Å²) in [7, 11) is 0. The standard InChI is InChI=1S/C21H24N2/c1-2-10-16-20-19(15-9-1)21(17-11-5-3-6-12-17)23(22-20)18-13-7-4-8-14-18/h3-8,11-14,20,22H,1-2,9-10,15-16H2. The zero-order chi connectivity index (χ0) is 15.5. The van der Waals surface area contributed by atoms with Crippen LogP contribution in [0, 0.1) is 0 Å². The smallest absolute Gasteiger partial charge is 0.0658 e. The molecule has 2 heteroatoms. The van der Waals surface area contributed by atoms with Crippen LogP contribution in [0.1, 0.15) is 44.1 Å². The Bertz CT molecular complexity index is 676. The van der Waals surface area contributed by atoms with E-state index in [-0.39, 0.29) is 0 Å². The third-order valence-electron chi connectivity index (χ3n) is 4.98. The number of fused-ring (bicyclic) bond motifs is 1. The largest absolute Gasteiger partial charge is 0.276 e. The predicted molar refractivity (Wildman–Crippen MR) is 96.9 cm³/mol. The number of hydrazine groups is 1. The lowest BCUT2D eigenvalue weighted by atomic mass is 9.90. The number of benzene rings is 2. The van der Waals surface area contributed by atoms with Gasteiger partial charge in [-0.25, -0.2) is 5.43 Å². The minimum atomic E-state index is 0.491. The van der Waals surface area contributed by atoms with Crippen LogP contribution in [0.3, 0.4) is 0 Å². The topological polar surface area (TPSA) is 15.3 Å². The van der Waals surface area contributed by atoms with Crippen molar-refractivity contribution in [3.05, 3.63) is 71.8 Å². The highest BCUT2D eigenvalue weighted by Crippen LogP contribution is 2.38. The number of anilines is 1. The van der Waals surface area contributed by atoms with Crippen LogP contribution in [0.15, 0.2) is 66.2 Å². The van der Waals surface area contributed by atoms with Crippen LogP contribution in [0.5, 0.6) is 0 Å². The summed E-state index contributed by atoms with van der Waals surface area (Å²) in [5.74, 6) is 0. The molecule has 118 valence electrons. The van der Waals surface area contributed by atoms with E-state index in [0.29, 0.717) is 6.04 Å². The molecule has 1 aliphatic carbocycles. The van der Waals surface area contributed by atoms with Crippen LogP contribution in [-0.4, -0.2) is 6.04 Å². The van der Waals surface area contributed by atoms with E-state index >= 15 is 0 Å². The van der Waals surface area contributed by atoms with Crippen LogP contribution in [-0.2, 0) is 0 Å². The molecule has 1 fully saturated rings. The summed E-state index contributed by atoms with van der Waals surface area (Å²) in [4.78, 5) is 0. The van der Waals surface area contributed by atoms with E-state index in [1.54, 1.807) is 5.57 Å². The highest BCUT2D eigenvalue weighted by atomic mass is 15.5. The monoisotopic (exact) mass is 304 g/mol. The summed E-state index contributed by atoms with van der Waals surface area (Å²) in [5.41, 5.74) is 9.31. The predicted octanol–water partition coefficient (Wildman–Crippen LogP) is 5.15. The zero-order valence-electron chi connectivity index (χ0n) is 13.5. The van der Waals surface area contributed by atoms with Gasteiger partial charge in [0, 0.05) is 6.04 Å². The Morgan fingerprint density at radius 3 is 2.26 bits per heavy atom. The lowest BCUT2D eigenvalue weighted by molar-refractivity contribution is 0.487. The van der Waals surface area contributed by atoms with Crippen LogP contribution >= 0.6 is 0 Å². The maximum absolute atomic E-state index is 3.78. The van der Waals surface area contributed by atoms with Gasteiger partial charge in [0.1, 0.15) is 0 Å². The molecule has 0 spiro atoms. The minimum Gasteiger partial charge on any atom is -0.276 e. The first-order chi connectivity index (χ1) is 11.4. The van der Waals surface area contributed by atoms with Gasteiger partial charge in [0.2, 0.25) is 0 Å². The number of nitrogens with one attached hydrogen (secondary N) is 1. The van der Waals surface area contributed by atoms with Crippen molar-refractivity contribution < 1.29 is 0 Å². The molecule has 1 N–H and O–H groups in total. The van der Waals surface area contributed by atoms with Crippen LogP contribution in [0.2, 0.25) is 0 Å². The fourth-order valence-corrected chi connectivity index (χ4v) is 3.85. The van der Waals surface area contributed by atoms with Crippen molar-refractivity contribution >= 4 is 11.4 Å². The second-order valence-corrected chi connectivity index (χ2v) is 6.55. The van der Waals surface area contributed by atoms with Gasteiger partial charge >= 0.3 is 0 Å². The van der Waals surface area contributed by atoms with Gasteiger partial charge in [0.15, 0.2) is 0 Å². The van der Waals surface area contributed by atoms with Gasteiger partial charge in [0.25, 0.3) is 0 Å². The van der Waals surface area contributed by atoms with E-state index in [1.807, 2.05) is 0 Å². The summed E-state index contributed by atoms with van der Waals surface area (Å²) < 4.78 is 0. The van der Waals surface area contributed by atoms with E-state index in [4.69, 9.17) is 0 Å². The summed E-state index contributed by atoms with van der Waals surface area (Å²) in [6.07, 6.45) is 7.83. The molecular weight excluding hydrogens is 280 g/mol. The van der Waals surface area contributed by atoms with E-state index in [9.17, 15) is 0 Å². The molecule has 2 nitrogen and oxygen atoms in total. The molecule has 2 aromatic rings. The molecule has 1 aliphatic heterocycles. The summed E-state index contributed by atoms with van der Waals surface area (Å²) in [6, 6.07) is 22.0. The molecule has 4 rings (SSSR count). The van der Waals surface area contributed by atoms with Gasteiger partial charge in [-0.15, -0.1) is 0 Å². The van der Waals surface area contributed by atoms with Crippen molar-refractivity contribution in [1.82, 2.24) is 5.43 Å².